The second kappa shape index (κ2) is 5.76. The highest BCUT2D eigenvalue weighted by Gasteiger charge is 2.18. The zero-order valence-corrected chi connectivity index (χ0v) is 14.5. The maximum Gasteiger partial charge on any atom is 0.0714 e. The average molecular weight is 284 g/mol. The third-order valence-electron chi connectivity index (χ3n) is 3.80. The molecule has 1 N–H and O–H groups in total. The molecule has 0 radical (unpaired) electrons. The highest BCUT2D eigenvalue weighted by Crippen LogP contribution is 2.29. The molecule has 0 aliphatic rings. The number of aromatic nitrogens is 1. The Labute approximate surface area is 129 Å². The molecule has 2 aromatic rings. The van der Waals surface area contributed by atoms with Crippen molar-refractivity contribution in [2.75, 3.05) is 0 Å². The van der Waals surface area contributed by atoms with Crippen molar-refractivity contribution < 1.29 is 0 Å². The number of pyridine rings is 1. The molecule has 1 aromatic heterocycles. The van der Waals surface area contributed by atoms with Crippen LogP contribution in [0.15, 0.2) is 18.2 Å². The zero-order valence-electron chi connectivity index (χ0n) is 14.5. The molecular weight excluding hydrogens is 256 g/mol. The minimum Gasteiger partial charge on any atom is -0.310 e. The summed E-state index contributed by atoms with van der Waals surface area (Å²) in [4.78, 5) is 4.93. The average Bonchev–Trinajstić information content (AvgIpc) is 2.33. The topological polar surface area (TPSA) is 24.9 Å². The van der Waals surface area contributed by atoms with Gasteiger partial charge in [0.2, 0.25) is 0 Å². The standard InChI is InChI=1S/C19H28N2/c1-12(2)20-11-15-10-17(19(5,6)7)21-16-9-13(3)8-14(4)18(15)16/h8-10,12,20H,11H2,1-7H3. The molecule has 21 heavy (non-hydrogen) atoms. The Bertz CT molecular complexity index is 649. The van der Waals surface area contributed by atoms with Crippen LogP contribution in [0.5, 0.6) is 0 Å². The molecule has 1 heterocycles. The van der Waals surface area contributed by atoms with E-state index in [2.05, 4.69) is 72.0 Å². The SMILES string of the molecule is Cc1cc(C)c2c(CNC(C)C)cc(C(C)(C)C)nc2c1. The number of aryl methyl sites for hydroxylation is 2. The smallest absolute Gasteiger partial charge is 0.0714 e. The molecule has 0 spiro atoms. The Balaban J connectivity index is 2.66. The number of fused-ring (bicyclic) bond motifs is 1. The fourth-order valence-electron chi connectivity index (χ4n) is 2.69. The Hall–Kier alpha value is -1.41. The second-order valence-electron chi connectivity index (χ2n) is 7.43. The first-order valence-corrected chi connectivity index (χ1v) is 7.83. The normalized spacial score (nSPS) is 12.4. The van der Waals surface area contributed by atoms with Crippen LogP contribution in [0.3, 0.4) is 0 Å². The quantitative estimate of drug-likeness (QED) is 0.887. The number of hydrogen-bond acceptors (Lipinski definition) is 2. The van der Waals surface area contributed by atoms with E-state index in [-0.39, 0.29) is 5.41 Å². The van der Waals surface area contributed by atoms with E-state index in [4.69, 9.17) is 4.98 Å². The van der Waals surface area contributed by atoms with Gasteiger partial charge in [0.15, 0.2) is 0 Å². The monoisotopic (exact) mass is 284 g/mol. The van der Waals surface area contributed by atoms with Gasteiger partial charge in [-0.15, -0.1) is 0 Å². The summed E-state index contributed by atoms with van der Waals surface area (Å²) in [5.41, 5.74) is 6.32. The van der Waals surface area contributed by atoms with Crippen LogP contribution in [0.4, 0.5) is 0 Å². The second-order valence-corrected chi connectivity index (χ2v) is 7.43. The first kappa shape index (κ1) is 16.0. The van der Waals surface area contributed by atoms with Crippen molar-refractivity contribution in [3.8, 4) is 0 Å². The number of hydrogen-bond donors (Lipinski definition) is 1. The summed E-state index contributed by atoms with van der Waals surface area (Å²) in [5.74, 6) is 0. The van der Waals surface area contributed by atoms with Gasteiger partial charge in [-0.2, -0.15) is 0 Å². The minimum atomic E-state index is 0.0679. The number of nitrogens with zero attached hydrogens (tertiary/aromatic N) is 1. The third kappa shape index (κ3) is 3.62. The fraction of sp³-hybridized carbons (Fsp3) is 0.526. The van der Waals surface area contributed by atoms with Gasteiger partial charge in [0.1, 0.15) is 0 Å². The van der Waals surface area contributed by atoms with Crippen molar-refractivity contribution in [2.24, 2.45) is 0 Å². The lowest BCUT2D eigenvalue weighted by Crippen LogP contribution is -2.23. The molecule has 2 heteroatoms. The molecule has 114 valence electrons. The van der Waals surface area contributed by atoms with Gasteiger partial charge in [-0.05, 0) is 42.7 Å². The largest absolute Gasteiger partial charge is 0.310 e. The van der Waals surface area contributed by atoms with E-state index in [1.54, 1.807) is 0 Å². The van der Waals surface area contributed by atoms with E-state index < -0.39 is 0 Å². The molecule has 0 unspecified atom stereocenters. The Morgan fingerprint density at radius 1 is 1.10 bits per heavy atom. The molecule has 1 aromatic carbocycles. The third-order valence-corrected chi connectivity index (χ3v) is 3.80. The number of nitrogens with one attached hydrogen (secondary N) is 1. The maximum absolute atomic E-state index is 4.93. The summed E-state index contributed by atoms with van der Waals surface area (Å²) < 4.78 is 0. The van der Waals surface area contributed by atoms with Crippen molar-refractivity contribution in [3.63, 3.8) is 0 Å². The Morgan fingerprint density at radius 3 is 2.33 bits per heavy atom. The Morgan fingerprint density at radius 2 is 1.76 bits per heavy atom. The number of benzene rings is 1. The van der Waals surface area contributed by atoms with Crippen LogP contribution in [0, 0.1) is 13.8 Å². The van der Waals surface area contributed by atoms with Gasteiger partial charge >= 0.3 is 0 Å². The lowest BCUT2D eigenvalue weighted by molar-refractivity contribution is 0.564. The summed E-state index contributed by atoms with van der Waals surface area (Å²) in [7, 11) is 0. The van der Waals surface area contributed by atoms with E-state index in [1.165, 1.54) is 27.8 Å². The molecule has 0 amide bonds. The lowest BCUT2D eigenvalue weighted by atomic mass is 9.89. The van der Waals surface area contributed by atoms with Crippen LogP contribution in [0.25, 0.3) is 10.9 Å². The molecule has 2 nitrogen and oxygen atoms in total. The molecule has 2 rings (SSSR count). The Kier molecular flexibility index (Phi) is 4.38. The zero-order chi connectivity index (χ0) is 15.8. The van der Waals surface area contributed by atoms with Crippen molar-refractivity contribution in [2.45, 2.75) is 66.5 Å². The maximum atomic E-state index is 4.93. The molecule has 0 saturated heterocycles. The summed E-state index contributed by atoms with van der Waals surface area (Å²) in [5, 5.41) is 4.85. The van der Waals surface area contributed by atoms with Gasteiger partial charge < -0.3 is 5.32 Å². The minimum absolute atomic E-state index is 0.0679. The van der Waals surface area contributed by atoms with Crippen LogP contribution in [-0.2, 0) is 12.0 Å². The predicted octanol–water partition coefficient (Wildman–Crippen LogP) is 4.65. The van der Waals surface area contributed by atoms with Gasteiger partial charge in [0.05, 0.1) is 5.52 Å². The number of rotatable bonds is 3. The van der Waals surface area contributed by atoms with Crippen LogP contribution in [0.1, 0.15) is 57.0 Å². The summed E-state index contributed by atoms with van der Waals surface area (Å²) >= 11 is 0. The summed E-state index contributed by atoms with van der Waals surface area (Å²) in [6.45, 7) is 16.3. The van der Waals surface area contributed by atoms with Gasteiger partial charge in [-0.1, -0.05) is 40.7 Å². The van der Waals surface area contributed by atoms with Crippen LogP contribution < -0.4 is 5.32 Å². The summed E-state index contributed by atoms with van der Waals surface area (Å²) in [6.07, 6.45) is 0. The molecule has 0 atom stereocenters. The fourth-order valence-corrected chi connectivity index (χ4v) is 2.69. The van der Waals surface area contributed by atoms with Gasteiger partial charge in [-0.25, -0.2) is 0 Å². The molecule has 0 bridgehead atoms. The van der Waals surface area contributed by atoms with E-state index in [0.29, 0.717) is 6.04 Å². The van der Waals surface area contributed by atoms with E-state index in [9.17, 15) is 0 Å². The highest BCUT2D eigenvalue weighted by atomic mass is 14.9. The van der Waals surface area contributed by atoms with Crippen molar-refractivity contribution in [3.05, 3.63) is 40.6 Å². The molecule has 0 fully saturated rings. The van der Waals surface area contributed by atoms with E-state index in [1.807, 2.05) is 0 Å². The summed E-state index contributed by atoms with van der Waals surface area (Å²) in [6, 6.07) is 7.22. The van der Waals surface area contributed by atoms with Crippen molar-refractivity contribution in [1.29, 1.82) is 0 Å². The van der Waals surface area contributed by atoms with Crippen LogP contribution >= 0.6 is 0 Å². The van der Waals surface area contributed by atoms with Crippen LogP contribution in [0.2, 0.25) is 0 Å². The van der Waals surface area contributed by atoms with E-state index in [0.717, 1.165) is 12.1 Å². The highest BCUT2D eigenvalue weighted by molar-refractivity contribution is 5.86. The first-order valence-electron chi connectivity index (χ1n) is 7.83. The molecular formula is C19H28N2. The van der Waals surface area contributed by atoms with Crippen molar-refractivity contribution >= 4 is 10.9 Å². The van der Waals surface area contributed by atoms with Crippen molar-refractivity contribution in [1.82, 2.24) is 10.3 Å². The molecule has 0 aliphatic carbocycles. The molecule has 0 aliphatic heterocycles. The van der Waals surface area contributed by atoms with E-state index >= 15 is 0 Å². The lowest BCUT2D eigenvalue weighted by Gasteiger charge is -2.21. The first-order chi connectivity index (χ1) is 9.68. The predicted molar refractivity (Wildman–Crippen MR) is 91.9 cm³/mol. The molecule has 0 saturated carbocycles. The van der Waals surface area contributed by atoms with Crippen LogP contribution in [-0.4, -0.2) is 11.0 Å². The van der Waals surface area contributed by atoms with Gasteiger partial charge in [0, 0.05) is 29.1 Å². The van der Waals surface area contributed by atoms with Gasteiger partial charge in [-0.3, -0.25) is 4.98 Å². The van der Waals surface area contributed by atoms with Gasteiger partial charge in [0.25, 0.3) is 0 Å².